The first-order valence-corrected chi connectivity index (χ1v) is 13.5. The fraction of sp³-hybridized carbons (Fsp3) is 0.893. The number of aliphatic hydroxyl groups is 3. The van der Waals surface area contributed by atoms with E-state index >= 15 is 0 Å². The van der Waals surface area contributed by atoms with E-state index in [0.717, 1.165) is 18.4 Å². The van der Waals surface area contributed by atoms with Gasteiger partial charge < -0.3 is 24.8 Å². The second-order valence-corrected chi connectivity index (χ2v) is 13.4. The molecule has 2 saturated carbocycles. The summed E-state index contributed by atoms with van der Waals surface area (Å²) in [7, 11) is 0. The third-order valence-electron chi connectivity index (χ3n) is 11.7. The molecule has 0 aromatic carbocycles. The van der Waals surface area contributed by atoms with Gasteiger partial charge in [0.15, 0.2) is 0 Å². The maximum absolute atomic E-state index is 13.6. The third kappa shape index (κ3) is 2.62. The fourth-order valence-corrected chi connectivity index (χ4v) is 9.15. The molecule has 0 aromatic rings. The minimum Gasteiger partial charge on any atom is -0.393 e. The van der Waals surface area contributed by atoms with Gasteiger partial charge in [-0.3, -0.25) is 4.79 Å². The number of ketones is 1. The number of fused-ring (bicyclic) bond motifs is 3. The fourth-order valence-electron chi connectivity index (χ4n) is 9.15. The van der Waals surface area contributed by atoms with Gasteiger partial charge >= 0.3 is 0 Å². The van der Waals surface area contributed by atoms with Crippen LogP contribution in [0.4, 0.5) is 0 Å². The summed E-state index contributed by atoms with van der Waals surface area (Å²) in [5.74, 6) is 0.779. The second-order valence-electron chi connectivity index (χ2n) is 13.4. The average molecular weight is 475 g/mol. The van der Waals surface area contributed by atoms with Crippen LogP contribution in [0.1, 0.15) is 80.1 Å². The molecule has 2 saturated heterocycles. The first kappa shape index (κ1) is 23.6. The van der Waals surface area contributed by atoms with Gasteiger partial charge in [-0.1, -0.05) is 47.1 Å². The average Bonchev–Trinajstić information content (AvgIpc) is 3.65. The van der Waals surface area contributed by atoms with Gasteiger partial charge in [0.1, 0.15) is 29.2 Å². The van der Waals surface area contributed by atoms with Gasteiger partial charge in [-0.2, -0.15) is 0 Å². The van der Waals surface area contributed by atoms with E-state index < -0.39 is 34.9 Å². The summed E-state index contributed by atoms with van der Waals surface area (Å²) in [5, 5.41) is 34.3. The van der Waals surface area contributed by atoms with E-state index in [1.807, 2.05) is 0 Å². The van der Waals surface area contributed by atoms with E-state index in [-0.39, 0.29) is 41.7 Å². The summed E-state index contributed by atoms with van der Waals surface area (Å²) < 4.78 is 12.3. The van der Waals surface area contributed by atoms with Crippen LogP contribution in [0.25, 0.3) is 0 Å². The van der Waals surface area contributed by atoms with Crippen molar-refractivity contribution in [3.05, 3.63) is 11.1 Å². The summed E-state index contributed by atoms with van der Waals surface area (Å²) in [6.45, 7) is 13.0. The van der Waals surface area contributed by atoms with Crippen molar-refractivity contribution in [3.63, 3.8) is 0 Å². The van der Waals surface area contributed by atoms with Crippen molar-refractivity contribution in [3.8, 4) is 0 Å². The Hall–Kier alpha value is -0.790. The Bertz CT molecular complexity index is 959. The summed E-state index contributed by atoms with van der Waals surface area (Å²) in [5.41, 5.74) is -1.08. The molecule has 3 N–H and O–H groups in total. The van der Waals surface area contributed by atoms with Crippen molar-refractivity contribution in [2.45, 2.75) is 122 Å². The normalized spacial score (nSPS) is 55.3. The van der Waals surface area contributed by atoms with Crippen LogP contribution >= 0.6 is 0 Å². The van der Waals surface area contributed by atoms with E-state index in [2.05, 4.69) is 41.5 Å². The first-order valence-electron chi connectivity index (χ1n) is 13.5. The minimum atomic E-state index is -1.36. The molecule has 6 rings (SSSR count). The molecule has 1 spiro atoms. The van der Waals surface area contributed by atoms with Crippen LogP contribution in [0, 0.1) is 34.5 Å². The number of carbonyl (C=O) groups is 1. The molecule has 4 aliphatic carbocycles. The Kier molecular flexibility index (Phi) is 4.82. The van der Waals surface area contributed by atoms with Crippen LogP contribution in [0.5, 0.6) is 0 Å². The van der Waals surface area contributed by atoms with Crippen molar-refractivity contribution in [1.82, 2.24) is 0 Å². The lowest BCUT2D eigenvalue weighted by molar-refractivity contribution is -0.124. The zero-order valence-electron chi connectivity index (χ0n) is 21.5. The van der Waals surface area contributed by atoms with Gasteiger partial charge in [-0.05, 0) is 49.0 Å². The third-order valence-corrected chi connectivity index (χ3v) is 11.7. The number of aliphatic hydroxyl groups excluding tert-OH is 2. The number of hydrogen-bond acceptors (Lipinski definition) is 6. The van der Waals surface area contributed by atoms with Gasteiger partial charge in [-0.15, -0.1) is 0 Å². The lowest BCUT2D eigenvalue weighted by Gasteiger charge is -2.56. The molecule has 0 radical (unpaired) electrons. The lowest BCUT2D eigenvalue weighted by atomic mass is 9.48. The molecule has 0 aromatic heterocycles. The van der Waals surface area contributed by atoms with Gasteiger partial charge in [0.2, 0.25) is 0 Å². The second kappa shape index (κ2) is 6.95. The van der Waals surface area contributed by atoms with Gasteiger partial charge in [0.05, 0.1) is 18.3 Å². The van der Waals surface area contributed by atoms with Gasteiger partial charge in [0, 0.05) is 29.6 Å². The van der Waals surface area contributed by atoms with Crippen molar-refractivity contribution in [2.75, 3.05) is 0 Å². The zero-order valence-corrected chi connectivity index (χ0v) is 21.5. The van der Waals surface area contributed by atoms with E-state index in [4.69, 9.17) is 9.47 Å². The van der Waals surface area contributed by atoms with Crippen LogP contribution in [0.2, 0.25) is 0 Å². The topological polar surface area (TPSA) is 103 Å². The summed E-state index contributed by atoms with van der Waals surface area (Å²) in [6, 6.07) is 0. The van der Waals surface area contributed by atoms with Crippen LogP contribution in [-0.4, -0.2) is 62.8 Å². The van der Waals surface area contributed by atoms with Crippen LogP contribution in [-0.2, 0) is 14.3 Å². The van der Waals surface area contributed by atoms with Gasteiger partial charge in [0.25, 0.3) is 0 Å². The number of hydrogen-bond donors (Lipinski definition) is 3. The molecular formula is C28H42O6. The summed E-state index contributed by atoms with van der Waals surface area (Å²) in [4.78, 5) is 13.6. The predicted molar refractivity (Wildman–Crippen MR) is 126 cm³/mol. The van der Waals surface area contributed by atoms with Crippen LogP contribution in [0.15, 0.2) is 11.1 Å². The maximum atomic E-state index is 13.6. The molecule has 6 heteroatoms. The standard InChI is InChI=1S/C28H42O6/c1-13(2)14(3)22-23(33-22)15(4)19-18(30)12-27(32)20-17(8-10-26(19,27)6)25(5)9-7-16(29)11-28(25)24(34-28)21(20)31/h13-16,19,21-24,29,31-32H,7-12H2,1-6H3/t14?,15?,16-,19?,21+,22?,23?,24-,25+,26+,27?,28-/m0/s1. The first-order chi connectivity index (χ1) is 15.8. The monoisotopic (exact) mass is 474 g/mol. The molecule has 0 bridgehead atoms. The highest BCUT2D eigenvalue weighted by atomic mass is 16.6. The Balaban J connectivity index is 1.37. The molecule has 190 valence electrons. The Morgan fingerprint density at radius 3 is 2.44 bits per heavy atom. The molecule has 2 aliphatic heterocycles. The zero-order chi connectivity index (χ0) is 24.6. The quantitative estimate of drug-likeness (QED) is 0.427. The molecule has 12 atom stereocenters. The maximum Gasteiger partial charge on any atom is 0.140 e. The van der Waals surface area contributed by atoms with E-state index in [1.54, 1.807) is 0 Å². The molecule has 6 nitrogen and oxygen atoms in total. The number of ether oxygens (including phenoxy) is 2. The molecular weight excluding hydrogens is 432 g/mol. The van der Waals surface area contributed by atoms with Gasteiger partial charge in [-0.25, -0.2) is 0 Å². The Labute approximate surface area is 203 Å². The van der Waals surface area contributed by atoms with Crippen molar-refractivity contribution < 1.29 is 29.6 Å². The number of rotatable bonds is 4. The summed E-state index contributed by atoms with van der Waals surface area (Å²) >= 11 is 0. The van der Waals surface area contributed by atoms with Crippen LogP contribution < -0.4 is 0 Å². The molecule has 6 unspecified atom stereocenters. The van der Waals surface area contributed by atoms with Crippen molar-refractivity contribution in [2.24, 2.45) is 34.5 Å². The molecule has 2 heterocycles. The molecule has 4 fully saturated rings. The highest BCUT2D eigenvalue weighted by Gasteiger charge is 2.79. The predicted octanol–water partition coefficient (Wildman–Crippen LogP) is 3.16. The number of carbonyl (C=O) groups excluding carboxylic acids is 1. The highest BCUT2D eigenvalue weighted by molar-refractivity contribution is 5.88. The number of Topliss-reactive ketones (excluding diaryl/α,β-unsaturated/α-hetero) is 1. The van der Waals surface area contributed by atoms with Crippen molar-refractivity contribution >= 4 is 5.78 Å². The Morgan fingerprint density at radius 2 is 1.76 bits per heavy atom. The minimum absolute atomic E-state index is 0.0253. The largest absolute Gasteiger partial charge is 0.393 e. The molecule has 0 amide bonds. The Morgan fingerprint density at radius 1 is 1.06 bits per heavy atom. The van der Waals surface area contributed by atoms with E-state index in [9.17, 15) is 20.1 Å². The van der Waals surface area contributed by atoms with Crippen molar-refractivity contribution in [1.29, 1.82) is 0 Å². The van der Waals surface area contributed by atoms with E-state index in [1.165, 1.54) is 0 Å². The molecule has 34 heavy (non-hydrogen) atoms. The smallest absolute Gasteiger partial charge is 0.140 e. The lowest BCUT2D eigenvalue weighted by Crippen LogP contribution is -2.60. The van der Waals surface area contributed by atoms with Crippen LogP contribution in [0.3, 0.4) is 0 Å². The SMILES string of the molecule is CC(C)C(C)C1OC1C(C)C1C(=O)CC2(O)C3=C(CC[C@]12C)[C@@]1(C)CC[C@H](O)C[C@@]12O[C@H]2[C@@H]3O. The highest BCUT2D eigenvalue weighted by Crippen LogP contribution is 2.73. The summed E-state index contributed by atoms with van der Waals surface area (Å²) in [6.07, 6.45) is 2.01. The molecule has 6 aliphatic rings. The van der Waals surface area contributed by atoms with E-state index in [0.29, 0.717) is 36.7 Å². The number of epoxide rings is 2.